The predicted molar refractivity (Wildman–Crippen MR) is 71.8 cm³/mol. The average Bonchev–Trinajstić information content (AvgIpc) is 2.61. The van der Waals surface area contributed by atoms with Gasteiger partial charge in [0.1, 0.15) is 23.1 Å². The zero-order valence-corrected chi connectivity index (χ0v) is 11.6. The highest BCUT2D eigenvalue weighted by molar-refractivity contribution is 7.18. The van der Waals surface area contributed by atoms with Crippen molar-refractivity contribution in [3.63, 3.8) is 0 Å². The smallest absolute Gasteiger partial charge is 0.261 e. The summed E-state index contributed by atoms with van der Waals surface area (Å²) in [5, 5.41) is 0.889. The van der Waals surface area contributed by atoms with E-state index in [1.807, 2.05) is 13.8 Å². The van der Waals surface area contributed by atoms with Crippen LogP contribution >= 0.6 is 11.3 Å². The zero-order chi connectivity index (χ0) is 14.0. The van der Waals surface area contributed by atoms with E-state index >= 15 is 0 Å². The maximum Gasteiger partial charge on any atom is 0.261 e. The second kappa shape index (κ2) is 5.75. The zero-order valence-electron chi connectivity index (χ0n) is 10.7. The van der Waals surface area contributed by atoms with Crippen molar-refractivity contribution in [3.8, 4) is 0 Å². The number of ether oxygens (including phenoxy) is 1. The van der Waals surface area contributed by atoms with E-state index in [0.29, 0.717) is 18.1 Å². The van der Waals surface area contributed by atoms with Gasteiger partial charge in [0.2, 0.25) is 0 Å². The van der Waals surface area contributed by atoms with Crippen LogP contribution in [0.4, 0.5) is 14.6 Å². The van der Waals surface area contributed by atoms with Crippen LogP contribution in [0.25, 0.3) is 10.2 Å². The van der Waals surface area contributed by atoms with Gasteiger partial charge in [0.25, 0.3) is 6.43 Å². The summed E-state index contributed by atoms with van der Waals surface area (Å²) >= 11 is 1.56. The summed E-state index contributed by atoms with van der Waals surface area (Å²) in [6.07, 6.45) is -2.07. The highest BCUT2D eigenvalue weighted by Crippen LogP contribution is 2.31. The molecule has 0 unspecified atom stereocenters. The molecule has 7 heteroatoms. The van der Waals surface area contributed by atoms with Gasteiger partial charge >= 0.3 is 0 Å². The molecule has 0 saturated heterocycles. The minimum absolute atomic E-state index is 0.165. The van der Waals surface area contributed by atoms with Crippen molar-refractivity contribution < 1.29 is 13.5 Å². The molecule has 0 amide bonds. The Bertz CT molecular complexity index is 586. The van der Waals surface area contributed by atoms with Gasteiger partial charge in [0, 0.05) is 11.3 Å². The molecule has 0 aliphatic carbocycles. The number of halogens is 2. The third kappa shape index (κ3) is 3.16. The first-order valence-electron chi connectivity index (χ1n) is 5.87. The number of hydrogen-bond donors (Lipinski definition) is 1. The van der Waals surface area contributed by atoms with E-state index in [9.17, 15) is 8.78 Å². The van der Waals surface area contributed by atoms with E-state index in [0.717, 1.165) is 20.7 Å². The van der Waals surface area contributed by atoms with E-state index < -0.39 is 13.0 Å². The molecule has 4 nitrogen and oxygen atoms in total. The van der Waals surface area contributed by atoms with Gasteiger partial charge < -0.3 is 10.5 Å². The lowest BCUT2D eigenvalue weighted by Gasteiger charge is -2.04. The van der Waals surface area contributed by atoms with Crippen LogP contribution in [0.1, 0.15) is 16.3 Å². The molecule has 0 aliphatic rings. The fraction of sp³-hybridized carbons (Fsp3) is 0.500. The fourth-order valence-electron chi connectivity index (χ4n) is 1.77. The molecule has 2 rings (SSSR count). The Kier molecular flexibility index (Phi) is 4.26. The second-order valence-electron chi connectivity index (χ2n) is 4.20. The molecule has 2 aromatic heterocycles. The van der Waals surface area contributed by atoms with Crippen LogP contribution in [0.3, 0.4) is 0 Å². The van der Waals surface area contributed by atoms with Crippen LogP contribution in [-0.4, -0.2) is 29.6 Å². The molecule has 0 spiro atoms. The molecule has 0 radical (unpaired) electrons. The molecule has 19 heavy (non-hydrogen) atoms. The lowest BCUT2D eigenvalue weighted by Crippen LogP contribution is -2.09. The number of hydrogen-bond acceptors (Lipinski definition) is 5. The van der Waals surface area contributed by atoms with E-state index in [4.69, 9.17) is 10.5 Å². The normalized spacial score (nSPS) is 11.6. The molecular weight excluding hydrogens is 272 g/mol. The van der Waals surface area contributed by atoms with E-state index in [1.54, 1.807) is 11.3 Å². The molecule has 0 fully saturated rings. The van der Waals surface area contributed by atoms with Gasteiger partial charge in [-0.25, -0.2) is 18.7 Å². The number of nitrogens with zero attached hydrogens (tertiary/aromatic N) is 2. The Labute approximate surface area is 113 Å². The van der Waals surface area contributed by atoms with Crippen LogP contribution < -0.4 is 5.73 Å². The monoisotopic (exact) mass is 287 g/mol. The van der Waals surface area contributed by atoms with Gasteiger partial charge in [-0.15, -0.1) is 11.3 Å². The quantitative estimate of drug-likeness (QED) is 0.859. The summed E-state index contributed by atoms with van der Waals surface area (Å²) in [5.41, 5.74) is 7.01. The minimum atomic E-state index is -2.45. The summed E-state index contributed by atoms with van der Waals surface area (Å²) in [4.78, 5) is 10.6. The Morgan fingerprint density at radius 3 is 2.74 bits per heavy atom. The molecule has 0 bridgehead atoms. The first-order valence-corrected chi connectivity index (χ1v) is 6.68. The lowest BCUT2D eigenvalue weighted by atomic mass is 10.2. The largest absolute Gasteiger partial charge is 0.383 e. The summed E-state index contributed by atoms with van der Waals surface area (Å²) < 4.78 is 28.6. The van der Waals surface area contributed by atoms with E-state index in [-0.39, 0.29) is 6.61 Å². The predicted octanol–water partition coefficient (Wildman–Crippen LogP) is 2.71. The standard InChI is InChI=1S/C12H15F2N3OS/c1-6-7(2)19-12-10(6)11(15)16-9(17-12)3-4-18-5-8(13)14/h8H,3-5H2,1-2H3,(H2,15,16,17). The number of nitrogens with two attached hydrogens (primary N) is 1. The van der Waals surface area contributed by atoms with Crippen molar-refractivity contribution in [1.29, 1.82) is 0 Å². The Hall–Kier alpha value is -1.34. The third-order valence-electron chi connectivity index (χ3n) is 2.82. The average molecular weight is 287 g/mol. The highest BCUT2D eigenvalue weighted by Gasteiger charge is 2.12. The van der Waals surface area contributed by atoms with Crippen molar-refractivity contribution in [1.82, 2.24) is 9.97 Å². The van der Waals surface area contributed by atoms with Gasteiger partial charge in [-0.05, 0) is 19.4 Å². The lowest BCUT2D eigenvalue weighted by molar-refractivity contribution is 0.0183. The SMILES string of the molecule is Cc1sc2nc(CCOCC(F)F)nc(N)c2c1C. The van der Waals surface area contributed by atoms with Crippen molar-refractivity contribution >= 4 is 27.4 Å². The van der Waals surface area contributed by atoms with Gasteiger partial charge in [-0.2, -0.15) is 0 Å². The summed E-state index contributed by atoms with van der Waals surface area (Å²) in [6.45, 7) is 3.60. The van der Waals surface area contributed by atoms with Gasteiger partial charge in [-0.3, -0.25) is 0 Å². The van der Waals surface area contributed by atoms with Crippen molar-refractivity contribution in [2.45, 2.75) is 26.7 Å². The summed E-state index contributed by atoms with van der Waals surface area (Å²) in [5.74, 6) is 0.969. The maximum absolute atomic E-state index is 11.9. The van der Waals surface area contributed by atoms with Gasteiger partial charge in [0.05, 0.1) is 12.0 Å². The second-order valence-corrected chi connectivity index (χ2v) is 5.41. The van der Waals surface area contributed by atoms with Crippen LogP contribution in [0.15, 0.2) is 0 Å². The molecule has 2 N–H and O–H groups in total. The molecule has 2 heterocycles. The van der Waals surface area contributed by atoms with Gasteiger partial charge in [-0.1, -0.05) is 0 Å². The van der Waals surface area contributed by atoms with Gasteiger partial charge in [0.15, 0.2) is 0 Å². The van der Waals surface area contributed by atoms with Crippen LogP contribution in [0.2, 0.25) is 0 Å². The Morgan fingerprint density at radius 1 is 1.32 bits per heavy atom. The maximum atomic E-state index is 11.9. The molecule has 2 aromatic rings. The topological polar surface area (TPSA) is 61.0 Å². The number of rotatable bonds is 5. The van der Waals surface area contributed by atoms with Crippen LogP contribution in [0.5, 0.6) is 0 Å². The number of aryl methyl sites for hydroxylation is 2. The summed E-state index contributed by atoms with van der Waals surface area (Å²) in [7, 11) is 0. The number of anilines is 1. The molecule has 0 aromatic carbocycles. The Balaban J connectivity index is 2.13. The third-order valence-corrected chi connectivity index (χ3v) is 3.92. The molecule has 0 atom stereocenters. The number of fused-ring (bicyclic) bond motifs is 1. The number of alkyl halides is 2. The van der Waals surface area contributed by atoms with E-state index in [2.05, 4.69) is 9.97 Å². The number of nitrogen functional groups attached to an aromatic ring is 1. The van der Waals surface area contributed by atoms with Crippen LogP contribution in [0, 0.1) is 13.8 Å². The number of thiophene rings is 1. The first-order chi connectivity index (χ1) is 8.99. The molecule has 0 saturated carbocycles. The first kappa shape index (κ1) is 14.1. The number of aromatic nitrogens is 2. The van der Waals surface area contributed by atoms with Crippen LogP contribution in [-0.2, 0) is 11.2 Å². The van der Waals surface area contributed by atoms with Crippen molar-refractivity contribution in [2.24, 2.45) is 0 Å². The molecular formula is C12H15F2N3OS. The highest BCUT2D eigenvalue weighted by atomic mass is 32.1. The minimum Gasteiger partial charge on any atom is -0.383 e. The molecule has 0 aliphatic heterocycles. The Morgan fingerprint density at radius 2 is 2.05 bits per heavy atom. The fourth-order valence-corrected chi connectivity index (χ4v) is 2.83. The van der Waals surface area contributed by atoms with Crippen molar-refractivity contribution in [3.05, 3.63) is 16.3 Å². The summed E-state index contributed by atoms with van der Waals surface area (Å²) in [6, 6.07) is 0. The molecule has 104 valence electrons. The van der Waals surface area contributed by atoms with E-state index in [1.165, 1.54) is 0 Å². The van der Waals surface area contributed by atoms with Crippen molar-refractivity contribution in [2.75, 3.05) is 18.9 Å².